The molecular formula is C20H21N3O2. The minimum Gasteiger partial charge on any atom is -0.481 e. The molecule has 1 aliphatic heterocycles. The summed E-state index contributed by atoms with van der Waals surface area (Å²) >= 11 is 0. The Morgan fingerprint density at radius 3 is 2.64 bits per heavy atom. The van der Waals surface area contributed by atoms with E-state index in [1.165, 1.54) is 0 Å². The molecule has 1 aliphatic rings. The summed E-state index contributed by atoms with van der Waals surface area (Å²) in [6, 6.07) is 16.3. The normalized spacial score (nSPS) is 19.0. The predicted molar refractivity (Wildman–Crippen MR) is 98.7 cm³/mol. The standard InChI is InChI=1S/C20H21N3O2/c1-20(2)15(19(24)25)12-23(20)14-8-6-7-13(11-14)18-21-16-9-4-5-10-17(16)22(18)3/h4-11,15H,12H2,1-3H3,(H,24,25). The van der Waals surface area contributed by atoms with E-state index in [0.717, 1.165) is 28.1 Å². The van der Waals surface area contributed by atoms with Crippen LogP contribution in [0.3, 0.4) is 0 Å². The molecule has 0 bridgehead atoms. The minimum absolute atomic E-state index is 0.341. The molecule has 2 aromatic carbocycles. The molecule has 0 aliphatic carbocycles. The monoisotopic (exact) mass is 335 g/mol. The first-order valence-electron chi connectivity index (χ1n) is 8.42. The first-order chi connectivity index (χ1) is 11.9. The van der Waals surface area contributed by atoms with Gasteiger partial charge in [0.15, 0.2) is 0 Å². The molecule has 128 valence electrons. The lowest BCUT2D eigenvalue weighted by atomic mass is 9.76. The first kappa shape index (κ1) is 15.7. The number of anilines is 1. The molecule has 4 rings (SSSR count). The maximum absolute atomic E-state index is 11.4. The first-order valence-corrected chi connectivity index (χ1v) is 8.42. The molecule has 5 heteroatoms. The highest BCUT2D eigenvalue weighted by atomic mass is 16.4. The van der Waals surface area contributed by atoms with Crippen LogP contribution in [0.2, 0.25) is 0 Å². The molecule has 3 aromatic rings. The lowest BCUT2D eigenvalue weighted by molar-refractivity contribution is -0.146. The lowest BCUT2D eigenvalue weighted by Gasteiger charge is -2.54. The molecule has 0 radical (unpaired) electrons. The maximum atomic E-state index is 11.4. The van der Waals surface area contributed by atoms with Gasteiger partial charge in [-0.25, -0.2) is 4.98 Å². The van der Waals surface area contributed by atoms with Crippen molar-refractivity contribution in [2.24, 2.45) is 13.0 Å². The van der Waals surface area contributed by atoms with Crippen molar-refractivity contribution in [2.45, 2.75) is 19.4 Å². The van der Waals surface area contributed by atoms with Gasteiger partial charge in [-0.3, -0.25) is 4.79 Å². The van der Waals surface area contributed by atoms with Gasteiger partial charge in [-0.2, -0.15) is 0 Å². The maximum Gasteiger partial charge on any atom is 0.310 e. The number of aliphatic carboxylic acids is 1. The highest BCUT2D eigenvalue weighted by molar-refractivity contribution is 5.82. The molecule has 0 amide bonds. The largest absolute Gasteiger partial charge is 0.481 e. The zero-order chi connectivity index (χ0) is 17.8. The minimum atomic E-state index is -0.729. The quantitative estimate of drug-likeness (QED) is 0.795. The van der Waals surface area contributed by atoms with Crippen LogP contribution in [0, 0.1) is 5.92 Å². The highest BCUT2D eigenvalue weighted by Gasteiger charge is 2.50. The van der Waals surface area contributed by atoms with Crippen LogP contribution in [0.25, 0.3) is 22.4 Å². The van der Waals surface area contributed by atoms with Crippen molar-refractivity contribution in [2.75, 3.05) is 11.4 Å². The summed E-state index contributed by atoms with van der Waals surface area (Å²) in [4.78, 5) is 18.3. The van der Waals surface area contributed by atoms with Gasteiger partial charge < -0.3 is 14.6 Å². The van der Waals surface area contributed by atoms with Crippen LogP contribution in [-0.4, -0.2) is 32.7 Å². The summed E-state index contributed by atoms with van der Waals surface area (Å²) in [5, 5.41) is 9.34. The Morgan fingerprint density at radius 1 is 1.20 bits per heavy atom. The van der Waals surface area contributed by atoms with E-state index in [0.29, 0.717) is 6.54 Å². The topological polar surface area (TPSA) is 58.4 Å². The van der Waals surface area contributed by atoms with Gasteiger partial charge in [-0.15, -0.1) is 0 Å². The smallest absolute Gasteiger partial charge is 0.310 e. The van der Waals surface area contributed by atoms with Crippen molar-refractivity contribution in [3.8, 4) is 11.4 Å². The Balaban J connectivity index is 1.73. The van der Waals surface area contributed by atoms with Gasteiger partial charge in [-0.05, 0) is 38.1 Å². The van der Waals surface area contributed by atoms with Gasteiger partial charge in [0.1, 0.15) is 5.82 Å². The van der Waals surface area contributed by atoms with Crippen LogP contribution in [0.5, 0.6) is 0 Å². The number of benzene rings is 2. The van der Waals surface area contributed by atoms with Crippen LogP contribution in [0.4, 0.5) is 5.69 Å². The second-order valence-corrected chi connectivity index (χ2v) is 7.19. The third-order valence-electron chi connectivity index (χ3n) is 5.41. The molecular weight excluding hydrogens is 314 g/mol. The number of nitrogens with zero attached hydrogens (tertiary/aromatic N) is 3. The van der Waals surface area contributed by atoms with Gasteiger partial charge in [-0.1, -0.05) is 24.3 Å². The summed E-state index contributed by atoms with van der Waals surface area (Å²) in [6.07, 6.45) is 0. The van der Waals surface area contributed by atoms with Crippen molar-refractivity contribution in [1.82, 2.24) is 9.55 Å². The molecule has 1 aromatic heterocycles. The van der Waals surface area contributed by atoms with Gasteiger partial charge in [0.2, 0.25) is 0 Å². The number of para-hydroxylation sites is 2. The lowest BCUT2D eigenvalue weighted by Crippen LogP contribution is -2.66. The number of aryl methyl sites for hydroxylation is 1. The fourth-order valence-electron chi connectivity index (χ4n) is 3.75. The average Bonchev–Trinajstić information content (AvgIpc) is 2.91. The molecule has 0 spiro atoms. The molecule has 25 heavy (non-hydrogen) atoms. The fraction of sp³-hybridized carbons (Fsp3) is 0.300. The molecule has 1 fully saturated rings. The number of aromatic nitrogens is 2. The van der Waals surface area contributed by atoms with Crippen molar-refractivity contribution in [1.29, 1.82) is 0 Å². The average molecular weight is 335 g/mol. The molecule has 1 unspecified atom stereocenters. The molecule has 5 nitrogen and oxygen atoms in total. The van der Waals surface area contributed by atoms with Crippen LogP contribution >= 0.6 is 0 Å². The molecule has 2 heterocycles. The Hall–Kier alpha value is -2.82. The van der Waals surface area contributed by atoms with E-state index in [-0.39, 0.29) is 5.92 Å². The Morgan fingerprint density at radius 2 is 1.96 bits per heavy atom. The SMILES string of the molecule is Cn1c(-c2cccc(N3CC(C(=O)O)C3(C)C)c2)nc2ccccc21. The second kappa shape index (κ2) is 5.34. The molecule has 1 saturated heterocycles. The summed E-state index contributed by atoms with van der Waals surface area (Å²) < 4.78 is 2.09. The number of carboxylic acid groups (broad SMARTS) is 1. The molecule has 1 atom stereocenters. The third-order valence-corrected chi connectivity index (χ3v) is 5.41. The Kier molecular flexibility index (Phi) is 3.35. The van der Waals surface area contributed by atoms with E-state index in [1.807, 2.05) is 57.3 Å². The summed E-state index contributed by atoms with van der Waals surface area (Å²) in [7, 11) is 2.02. The van der Waals surface area contributed by atoms with E-state index < -0.39 is 11.5 Å². The van der Waals surface area contributed by atoms with Crippen LogP contribution in [-0.2, 0) is 11.8 Å². The number of hydrogen-bond donors (Lipinski definition) is 1. The van der Waals surface area contributed by atoms with Crippen molar-refractivity contribution in [3.63, 3.8) is 0 Å². The number of rotatable bonds is 3. The van der Waals surface area contributed by atoms with Crippen molar-refractivity contribution < 1.29 is 9.90 Å². The predicted octanol–water partition coefficient (Wildman–Crippen LogP) is 3.54. The van der Waals surface area contributed by atoms with E-state index in [4.69, 9.17) is 4.98 Å². The van der Waals surface area contributed by atoms with E-state index in [2.05, 4.69) is 21.6 Å². The molecule has 0 saturated carbocycles. The fourth-order valence-corrected chi connectivity index (χ4v) is 3.75. The molecule has 1 N–H and O–H groups in total. The zero-order valence-electron chi connectivity index (χ0n) is 14.6. The van der Waals surface area contributed by atoms with Gasteiger partial charge >= 0.3 is 5.97 Å². The number of imidazole rings is 1. The van der Waals surface area contributed by atoms with Crippen LogP contribution < -0.4 is 4.90 Å². The van der Waals surface area contributed by atoms with E-state index in [1.54, 1.807) is 0 Å². The number of hydrogen-bond acceptors (Lipinski definition) is 3. The second-order valence-electron chi connectivity index (χ2n) is 7.19. The van der Waals surface area contributed by atoms with Gasteiger partial charge in [0.25, 0.3) is 0 Å². The van der Waals surface area contributed by atoms with Crippen molar-refractivity contribution in [3.05, 3.63) is 48.5 Å². The van der Waals surface area contributed by atoms with Crippen molar-refractivity contribution >= 4 is 22.7 Å². The highest BCUT2D eigenvalue weighted by Crippen LogP contribution is 2.41. The number of carboxylic acids is 1. The van der Waals surface area contributed by atoms with E-state index >= 15 is 0 Å². The Bertz CT molecular complexity index is 974. The zero-order valence-corrected chi connectivity index (χ0v) is 14.6. The number of fused-ring (bicyclic) bond motifs is 1. The van der Waals surface area contributed by atoms with Crippen LogP contribution in [0.1, 0.15) is 13.8 Å². The van der Waals surface area contributed by atoms with Gasteiger partial charge in [0, 0.05) is 30.4 Å². The number of carbonyl (C=O) groups is 1. The summed E-state index contributed by atoms with van der Waals surface area (Å²) in [5.74, 6) is -0.157. The third kappa shape index (κ3) is 2.30. The summed E-state index contributed by atoms with van der Waals surface area (Å²) in [6.45, 7) is 4.50. The van der Waals surface area contributed by atoms with E-state index in [9.17, 15) is 9.90 Å². The van der Waals surface area contributed by atoms with Gasteiger partial charge in [0.05, 0.1) is 17.0 Å². The Labute approximate surface area is 146 Å². The van der Waals surface area contributed by atoms with Crippen LogP contribution in [0.15, 0.2) is 48.5 Å². The summed E-state index contributed by atoms with van der Waals surface area (Å²) in [5.41, 5.74) is 3.74.